The highest BCUT2D eigenvalue weighted by molar-refractivity contribution is 5.94. The van der Waals surface area contributed by atoms with Crippen LogP contribution in [0.3, 0.4) is 0 Å². The van der Waals surface area contributed by atoms with Crippen LogP contribution in [-0.4, -0.2) is 63.2 Å². The zero-order valence-corrected chi connectivity index (χ0v) is 22.2. The number of nitrogens with one attached hydrogen (secondary N) is 2. The topological polar surface area (TPSA) is 121 Å². The number of aliphatic hydroxyl groups excluding tert-OH is 1. The lowest BCUT2D eigenvalue weighted by Crippen LogP contribution is -2.59. The Kier molecular flexibility index (Phi) is 8.51. The molecule has 40 heavy (non-hydrogen) atoms. The number of hydrogen-bond donors (Lipinski definition) is 3. The molecule has 0 bridgehead atoms. The second-order valence-corrected chi connectivity index (χ2v) is 10.6. The van der Waals surface area contributed by atoms with Gasteiger partial charge in [0, 0.05) is 43.5 Å². The van der Waals surface area contributed by atoms with Crippen LogP contribution in [0.5, 0.6) is 0 Å². The summed E-state index contributed by atoms with van der Waals surface area (Å²) >= 11 is 0. The molecule has 1 aliphatic heterocycles. The maximum Gasteiger partial charge on any atom is 0.273 e. The van der Waals surface area contributed by atoms with Crippen LogP contribution in [0.25, 0.3) is 11.3 Å². The first-order valence-electron chi connectivity index (χ1n) is 13.7. The maximum absolute atomic E-state index is 14.2. The lowest BCUT2D eigenvalue weighted by atomic mass is 9.85. The average molecular weight is 554 g/mol. The van der Waals surface area contributed by atoms with E-state index in [9.17, 15) is 23.5 Å². The molecule has 212 valence electrons. The van der Waals surface area contributed by atoms with Crippen molar-refractivity contribution in [3.63, 3.8) is 0 Å². The van der Waals surface area contributed by atoms with E-state index in [1.165, 1.54) is 12.1 Å². The molecule has 9 nitrogen and oxygen atoms in total. The van der Waals surface area contributed by atoms with Crippen LogP contribution in [0.1, 0.15) is 61.3 Å². The highest BCUT2D eigenvalue weighted by Crippen LogP contribution is 2.29. The molecule has 3 unspecified atom stereocenters. The molecule has 2 amide bonds. The van der Waals surface area contributed by atoms with Gasteiger partial charge >= 0.3 is 0 Å². The highest BCUT2D eigenvalue weighted by atomic mass is 19.1. The van der Waals surface area contributed by atoms with Gasteiger partial charge in [-0.05, 0) is 50.5 Å². The van der Waals surface area contributed by atoms with Crippen molar-refractivity contribution in [2.45, 2.75) is 63.3 Å². The number of aliphatic hydroxyl groups is 1. The van der Waals surface area contributed by atoms with Gasteiger partial charge in [-0.3, -0.25) is 19.5 Å². The molecule has 0 radical (unpaired) electrons. The van der Waals surface area contributed by atoms with Gasteiger partial charge < -0.3 is 20.3 Å². The van der Waals surface area contributed by atoms with E-state index < -0.39 is 35.6 Å². The third-order valence-corrected chi connectivity index (χ3v) is 7.89. The number of carbonyl (C=O) groups is 2. The monoisotopic (exact) mass is 553 g/mol. The summed E-state index contributed by atoms with van der Waals surface area (Å²) in [5, 5.41) is 20.4. The van der Waals surface area contributed by atoms with Gasteiger partial charge in [0.05, 0.1) is 29.3 Å². The number of benzene rings is 1. The molecule has 1 saturated heterocycles. The summed E-state index contributed by atoms with van der Waals surface area (Å²) < 4.78 is 32.7. The molecular formula is C29H33F2N5O4. The van der Waals surface area contributed by atoms with Crippen LogP contribution in [0, 0.1) is 17.6 Å². The van der Waals surface area contributed by atoms with Crippen molar-refractivity contribution >= 4 is 11.8 Å². The van der Waals surface area contributed by atoms with E-state index in [0.29, 0.717) is 19.5 Å². The Morgan fingerprint density at radius 2 is 1.95 bits per heavy atom. The molecule has 1 saturated carbocycles. The quantitative estimate of drug-likeness (QED) is 0.409. The molecule has 3 N–H and O–H groups in total. The maximum atomic E-state index is 14.2. The van der Waals surface area contributed by atoms with Crippen molar-refractivity contribution in [3.8, 4) is 11.3 Å². The second-order valence-electron chi connectivity index (χ2n) is 10.6. The SMILES string of the molecule is CC(NC(=O)[C@@H]1CN(C2CCCCC2O)CC[C@H]1NC(=O)c1cc(-c2ccc(F)cc2F)on1)c1ccccn1. The first kappa shape index (κ1) is 27.9. The molecule has 0 spiro atoms. The van der Waals surface area contributed by atoms with E-state index in [2.05, 4.69) is 25.7 Å². The summed E-state index contributed by atoms with van der Waals surface area (Å²) in [6.07, 6.45) is 5.31. The fraction of sp³-hybridized carbons (Fsp3) is 0.448. The number of carbonyl (C=O) groups excluding carboxylic acids is 2. The molecule has 1 aliphatic carbocycles. The highest BCUT2D eigenvalue weighted by Gasteiger charge is 2.40. The van der Waals surface area contributed by atoms with Crippen molar-refractivity contribution < 1.29 is 28.0 Å². The van der Waals surface area contributed by atoms with E-state index in [0.717, 1.165) is 43.5 Å². The van der Waals surface area contributed by atoms with Gasteiger partial charge in [0.15, 0.2) is 11.5 Å². The van der Waals surface area contributed by atoms with Crippen molar-refractivity contribution in [1.82, 2.24) is 25.7 Å². The number of nitrogens with zero attached hydrogens (tertiary/aromatic N) is 3. The van der Waals surface area contributed by atoms with E-state index >= 15 is 0 Å². The van der Waals surface area contributed by atoms with E-state index in [4.69, 9.17) is 4.52 Å². The number of halogens is 2. The summed E-state index contributed by atoms with van der Waals surface area (Å²) in [4.78, 5) is 33.2. The lowest BCUT2D eigenvalue weighted by Gasteiger charge is -2.44. The summed E-state index contributed by atoms with van der Waals surface area (Å²) in [7, 11) is 0. The van der Waals surface area contributed by atoms with Gasteiger partial charge in [0.2, 0.25) is 5.91 Å². The summed E-state index contributed by atoms with van der Waals surface area (Å²) in [6, 6.07) is 8.93. The van der Waals surface area contributed by atoms with E-state index in [1.54, 1.807) is 12.3 Å². The standard InChI is InChI=1S/C29H33F2N5O4/c1-17(22-6-4-5-12-32-22)33-28(38)20-16-36(25-7-2-3-8-26(25)37)13-11-23(20)34-29(39)24-15-27(40-35-24)19-10-9-18(30)14-21(19)31/h4-6,9-10,12,14-15,17,20,23,25-26,37H,2-3,7-8,11,13,16H2,1H3,(H,33,38)(H,34,39)/t17?,20-,23-,25?,26?/m1/s1. The van der Waals surface area contributed by atoms with Gasteiger partial charge in [-0.15, -0.1) is 0 Å². The predicted octanol–water partition coefficient (Wildman–Crippen LogP) is 3.62. The molecule has 3 heterocycles. The molecule has 1 aromatic carbocycles. The second kappa shape index (κ2) is 12.2. The van der Waals surface area contributed by atoms with Crippen LogP contribution in [-0.2, 0) is 4.79 Å². The zero-order valence-electron chi connectivity index (χ0n) is 22.2. The van der Waals surface area contributed by atoms with Crippen LogP contribution in [0.4, 0.5) is 8.78 Å². The van der Waals surface area contributed by atoms with Crippen LogP contribution >= 0.6 is 0 Å². The van der Waals surface area contributed by atoms with Crippen molar-refractivity contribution in [2.75, 3.05) is 13.1 Å². The number of hydrogen-bond acceptors (Lipinski definition) is 7. The van der Waals surface area contributed by atoms with Crippen LogP contribution < -0.4 is 10.6 Å². The van der Waals surface area contributed by atoms with Crippen molar-refractivity contribution in [3.05, 3.63) is 71.7 Å². The van der Waals surface area contributed by atoms with Crippen molar-refractivity contribution in [2.24, 2.45) is 5.92 Å². The normalized spacial score (nSPS) is 24.3. The van der Waals surface area contributed by atoms with E-state index in [-0.39, 0.29) is 35.0 Å². The molecule has 3 aromatic rings. The third-order valence-electron chi connectivity index (χ3n) is 7.89. The molecular weight excluding hydrogens is 520 g/mol. The Morgan fingerprint density at radius 1 is 1.12 bits per heavy atom. The smallest absolute Gasteiger partial charge is 0.273 e. The first-order chi connectivity index (χ1) is 19.3. The molecule has 11 heteroatoms. The average Bonchev–Trinajstić information content (AvgIpc) is 3.44. The minimum absolute atomic E-state index is 0.0118. The summed E-state index contributed by atoms with van der Waals surface area (Å²) in [5.74, 6) is -2.97. The fourth-order valence-corrected chi connectivity index (χ4v) is 5.70. The fourth-order valence-electron chi connectivity index (χ4n) is 5.70. The number of amides is 2. The Labute approximate surface area is 231 Å². The molecule has 5 rings (SSSR count). The lowest BCUT2D eigenvalue weighted by molar-refractivity contribution is -0.129. The number of aromatic nitrogens is 2. The molecule has 2 aromatic heterocycles. The van der Waals surface area contributed by atoms with Gasteiger partial charge in [-0.2, -0.15) is 0 Å². The van der Waals surface area contributed by atoms with Crippen molar-refractivity contribution in [1.29, 1.82) is 0 Å². The van der Waals surface area contributed by atoms with Gasteiger partial charge in [0.25, 0.3) is 5.91 Å². The van der Waals surface area contributed by atoms with Crippen LogP contribution in [0.2, 0.25) is 0 Å². The van der Waals surface area contributed by atoms with E-state index in [1.807, 2.05) is 19.1 Å². The molecule has 5 atom stereocenters. The zero-order chi connectivity index (χ0) is 28.2. The van der Waals surface area contributed by atoms with Gasteiger partial charge in [-0.1, -0.05) is 24.1 Å². The molecule has 2 aliphatic rings. The first-order valence-corrected chi connectivity index (χ1v) is 13.7. The number of pyridine rings is 1. The summed E-state index contributed by atoms with van der Waals surface area (Å²) in [6.45, 7) is 2.83. The summed E-state index contributed by atoms with van der Waals surface area (Å²) in [5.41, 5.74) is 0.618. The molecule has 2 fully saturated rings. The number of likely N-dealkylation sites (tertiary alicyclic amines) is 1. The Bertz CT molecular complexity index is 1340. The Hall–Kier alpha value is -3.70. The third kappa shape index (κ3) is 6.20. The number of rotatable bonds is 7. The minimum atomic E-state index is -0.834. The largest absolute Gasteiger partial charge is 0.391 e. The minimum Gasteiger partial charge on any atom is -0.391 e. The van der Waals surface area contributed by atoms with Gasteiger partial charge in [-0.25, -0.2) is 8.78 Å². The Balaban J connectivity index is 1.32. The number of piperidine rings is 1. The Morgan fingerprint density at radius 3 is 2.70 bits per heavy atom. The van der Waals surface area contributed by atoms with Gasteiger partial charge in [0.1, 0.15) is 11.6 Å². The van der Waals surface area contributed by atoms with Crippen LogP contribution in [0.15, 0.2) is 53.2 Å². The predicted molar refractivity (Wildman–Crippen MR) is 142 cm³/mol.